The zero-order chi connectivity index (χ0) is 16.5. The number of primary amides is 2. The van der Waals surface area contributed by atoms with Crippen molar-refractivity contribution in [2.24, 2.45) is 11.5 Å². The molecular formula is C14H12F3N3O2. The number of hydrogen-bond donors (Lipinski definition) is 2. The lowest BCUT2D eigenvalue weighted by Crippen LogP contribution is -2.33. The van der Waals surface area contributed by atoms with Crippen LogP contribution in [-0.2, 0) is 15.8 Å². The van der Waals surface area contributed by atoms with Gasteiger partial charge in [0, 0.05) is 11.8 Å². The van der Waals surface area contributed by atoms with Gasteiger partial charge >= 0.3 is 6.18 Å². The summed E-state index contributed by atoms with van der Waals surface area (Å²) in [5, 5.41) is 0. The summed E-state index contributed by atoms with van der Waals surface area (Å²) in [6.07, 6.45) is -2.23. The van der Waals surface area contributed by atoms with Crippen LogP contribution in [0.1, 0.15) is 5.56 Å². The van der Waals surface area contributed by atoms with Crippen molar-refractivity contribution in [2.45, 2.75) is 6.18 Å². The number of anilines is 1. The minimum atomic E-state index is -4.58. The molecule has 1 heterocycles. The maximum absolute atomic E-state index is 13.1. The maximum Gasteiger partial charge on any atom is 0.418 e. The van der Waals surface area contributed by atoms with E-state index in [0.29, 0.717) is 0 Å². The Morgan fingerprint density at radius 1 is 1.09 bits per heavy atom. The van der Waals surface area contributed by atoms with E-state index in [1.807, 2.05) is 0 Å². The Bertz CT molecular complexity index is 693. The molecule has 1 aromatic carbocycles. The molecule has 0 atom stereocenters. The summed E-state index contributed by atoms with van der Waals surface area (Å²) in [4.78, 5) is 23.7. The number of alkyl halides is 3. The summed E-state index contributed by atoms with van der Waals surface area (Å²) in [7, 11) is 0. The molecule has 0 unspecified atom stereocenters. The van der Waals surface area contributed by atoms with Gasteiger partial charge in [0.1, 0.15) is 0 Å². The van der Waals surface area contributed by atoms with Gasteiger partial charge in [0.05, 0.1) is 23.4 Å². The first kappa shape index (κ1) is 15.6. The van der Waals surface area contributed by atoms with Gasteiger partial charge in [-0.1, -0.05) is 12.1 Å². The smallest absolute Gasteiger partial charge is 0.366 e. The van der Waals surface area contributed by atoms with Gasteiger partial charge < -0.3 is 16.4 Å². The van der Waals surface area contributed by atoms with Crippen molar-refractivity contribution in [3.63, 3.8) is 0 Å². The quantitative estimate of drug-likeness (QED) is 0.882. The van der Waals surface area contributed by atoms with Crippen LogP contribution in [0.5, 0.6) is 0 Å². The van der Waals surface area contributed by atoms with Crippen molar-refractivity contribution in [2.75, 3.05) is 11.4 Å². The van der Waals surface area contributed by atoms with E-state index < -0.39 is 23.6 Å². The Labute approximate surface area is 123 Å². The molecule has 2 rings (SSSR count). The Balaban J connectivity index is 2.52. The molecule has 0 bridgehead atoms. The predicted molar refractivity (Wildman–Crippen MR) is 73.3 cm³/mol. The molecule has 1 aliphatic rings. The molecule has 22 heavy (non-hydrogen) atoms. The first-order valence-corrected chi connectivity index (χ1v) is 6.15. The van der Waals surface area contributed by atoms with Crippen LogP contribution in [0, 0.1) is 0 Å². The van der Waals surface area contributed by atoms with Crippen molar-refractivity contribution >= 4 is 17.5 Å². The number of amides is 2. The van der Waals surface area contributed by atoms with Gasteiger partial charge in [-0.3, -0.25) is 9.59 Å². The molecule has 0 aromatic heterocycles. The highest BCUT2D eigenvalue weighted by atomic mass is 19.4. The van der Waals surface area contributed by atoms with Crippen molar-refractivity contribution in [1.29, 1.82) is 0 Å². The number of nitrogens with two attached hydrogens (primary N) is 2. The first-order valence-electron chi connectivity index (χ1n) is 6.15. The molecule has 5 nitrogen and oxygen atoms in total. The Hall–Kier alpha value is -2.77. The summed E-state index contributed by atoms with van der Waals surface area (Å²) in [6, 6.07) is 4.82. The molecule has 0 fully saturated rings. The normalized spacial score (nSPS) is 15.1. The number of hydrogen-bond acceptors (Lipinski definition) is 3. The number of rotatable bonds is 3. The zero-order valence-electron chi connectivity index (χ0n) is 11.2. The molecule has 116 valence electrons. The molecule has 1 aliphatic heterocycles. The Kier molecular flexibility index (Phi) is 3.94. The van der Waals surface area contributed by atoms with Crippen LogP contribution in [0.2, 0.25) is 0 Å². The average molecular weight is 311 g/mol. The predicted octanol–water partition coefficient (Wildman–Crippen LogP) is 1.31. The Morgan fingerprint density at radius 3 is 2.27 bits per heavy atom. The summed E-state index contributed by atoms with van der Waals surface area (Å²) < 4.78 is 39.2. The summed E-state index contributed by atoms with van der Waals surface area (Å²) >= 11 is 0. The lowest BCUT2D eigenvalue weighted by atomic mass is 10.0. The molecule has 0 saturated carbocycles. The highest BCUT2D eigenvalue weighted by molar-refractivity contribution is 6.01. The SMILES string of the molecule is NC(=O)C1=CN(c2ccccc2C(F)(F)F)CC(C(N)=O)=C1. The van der Waals surface area contributed by atoms with Crippen LogP contribution in [0.15, 0.2) is 47.7 Å². The van der Waals surface area contributed by atoms with E-state index in [4.69, 9.17) is 11.5 Å². The van der Waals surface area contributed by atoms with Gasteiger partial charge in [0.15, 0.2) is 0 Å². The van der Waals surface area contributed by atoms with Crippen molar-refractivity contribution in [1.82, 2.24) is 0 Å². The molecule has 0 spiro atoms. The second-order valence-corrected chi connectivity index (χ2v) is 4.63. The monoisotopic (exact) mass is 311 g/mol. The molecule has 0 radical (unpaired) electrons. The molecule has 0 saturated heterocycles. The molecule has 2 amide bonds. The third-order valence-corrected chi connectivity index (χ3v) is 3.09. The van der Waals surface area contributed by atoms with Gasteiger partial charge in [-0.15, -0.1) is 0 Å². The van der Waals surface area contributed by atoms with Crippen LogP contribution in [0.4, 0.5) is 18.9 Å². The van der Waals surface area contributed by atoms with Gasteiger partial charge in [0.2, 0.25) is 11.8 Å². The fraction of sp³-hybridized carbons (Fsp3) is 0.143. The zero-order valence-corrected chi connectivity index (χ0v) is 11.2. The fourth-order valence-electron chi connectivity index (χ4n) is 2.07. The third kappa shape index (κ3) is 3.11. The van der Waals surface area contributed by atoms with Gasteiger partial charge in [-0.25, -0.2) is 0 Å². The van der Waals surface area contributed by atoms with E-state index >= 15 is 0 Å². The van der Waals surface area contributed by atoms with Crippen molar-refractivity contribution < 1.29 is 22.8 Å². The standard InChI is InChI=1S/C14H12F3N3O2/c15-14(16,17)10-3-1-2-4-11(10)20-6-8(12(18)21)5-9(7-20)13(19)22/h1-6H,7H2,(H2,18,21)(H2,19,22). The molecule has 1 aromatic rings. The largest absolute Gasteiger partial charge is 0.418 e. The van der Waals surface area contributed by atoms with E-state index in [1.54, 1.807) is 0 Å². The third-order valence-electron chi connectivity index (χ3n) is 3.09. The van der Waals surface area contributed by atoms with E-state index in [2.05, 4.69) is 0 Å². The van der Waals surface area contributed by atoms with Crippen LogP contribution in [0.25, 0.3) is 0 Å². The first-order chi connectivity index (χ1) is 10.2. The highest BCUT2D eigenvalue weighted by Gasteiger charge is 2.35. The van der Waals surface area contributed by atoms with E-state index in [9.17, 15) is 22.8 Å². The lowest BCUT2D eigenvalue weighted by molar-refractivity contribution is -0.137. The second kappa shape index (κ2) is 5.55. The van der Waals surface area contributed by atoms with Gasteiger partial charge in [-0.2, -0.15) is 13.2 Å². The Morgan fingerprint density at radius 2 is 1.73 bits per heavy atom. The highest BCUT2D eigenvalue weighted by Crippen LogP contribution is 2.37. The fourth-order valence-corrected chi connectivity index (χ4v) is 2.07. The van der Waals surface area contributed by atoms with Crippen LogP contribution < -0.4 is 16.4 Å². The summed E-state index contributed by atoms with van der Waals surface area (Å²) in [6.45, 7) is -0.181. The average Bonchev–Trinajstić information content (AvgIpc) is 2.45. The molecule has 8 heteroatoms. The minimum absolute atomic E-state index is 0.00622. The van der Waals surface area contributed by atoms with Crippen LogP contribution in [0.3, 0.4) is 0 Å². The van der Waals surface area contributed by atoms with E-state index in [-0.39, 0.29) is 23.4 Å². The van der Waals surface area contributed by atoms with E-state index in [1.165, 1.54) is 30.5 Å². The van der Waals surface area contributed by atoms with Crippen molar-refractivity contribution in [3.8, 4) is 0 Å². The van der Waals surface area contributed by atoms with Gasteiger partial charge in [-0.05, 0) is 18.2 Å². The summed E-state index contributed by atoms with van der Waals surface area (Å²) in [5.41, 5.74) is 9.11. The number of nitrogens with zero attached hydrogens (tertiary/aromatic N) is 1. The minimum Gasteiger partial charge on any atom is -0.366 e. The molecule has 0 aliphatic carbocycles. The maximum atomic E-state index is 13.1. The summed E-state index contributed by atoms with van der Waals surface area (Å²) in [5.74, 6) is -1.70. The number of halogens is 3. The number of benzene rings is 1. The van der Waals surface area contributed by atoms with Crippen LogP contribution in [-0.4, -0.2) is 18.4 Å². The van der Waals surface area contributed by atoms with Gasteiger partial charge in [0.25, 0.3) is 0 Å². The van der Waals surface area contributed by atoms with Crippen LogP contribution >= 0.6 is 0 Å². The topological polar surface area (TPSA) is 89.4 Å². The second-order valence-electron chi connectivity index (χ2n) is 4.63. The molecular weight excluding hydrogens is 299 g/mol. The lowest BCUT2D eigenvalue weighted by Gasteiger charge is -2.28. The van der Waals surface area contributed by atoms with E-state index in [0.717, 1.165) is 11.0 Å². The molecule has 4 N–H and O–H groups in total. The van der Waals surface area contributed by atoms with Crippen molar-refractivity contribution in [3.05, 3.63) is 53.3 Å². The number of para-hydroxylation sites is 1. The number of carbonyl (C=O) groups is 2. The number of carbonyl (C=O) groups excluding carboxylic acids is 2.